The van der Waals surface area contributed by atoms with E-state index in [0.29, 0.717) is 11.2 Å². The van der Waals surface area contributed by atoms with Crippen molar-refractivity contribution in [1.29, 1.82) is 0 Å². The summed E-state index contributed by atoms with van der Waals surface area (Å²) in [6.45, 7) is 0. The molecular weight excluding hydrogens is 254 g/mol. The van der Waals surface area contributed by atoms with Gasteiger partial charge in [-0.25, -0.2) is 0 Å². The number of aliphatic carboxylic acids is 1. The first-order valence-corrected chi connectivity index (χ1v) is 6.53. The van der Waals surface area contributed by atoms with E-state index in [0.717, 1.165) is 24.2 Å². The molecule has 0 radical (unpaired) electrons. The minimum atomic E-state index is -0.852. The Balaban J connectivity index is 1.93. The predicted octanol–water partition coefficient (Wildman–Crippen LogP) is 1.18. The van der Waals surface area contributed by atoms with Crippen molar-refractivity contribution in [3.05, 3.63) is 12.4 Å². The molecule has 1 saturated carbocycles. The molecule has 18 heavy (non-hydrogen) atoms. The van der Waals surface area contributed by atoms with Crippen LogP contribution in [0, 0.1) is 0 Å². The third kappa shape index (κ3) is 2.10. The molecule has 0 aromatic carbocycles. The fraction of sp³-hybridized carbons (Fsp3) is 0.400. The van der Waals surface area contributed by atoms with Crippen LogP contribution in [-0.4, -0.2) is 41.8 Å². The first-order valence-electron chi connectivity index (χ1n) is 5.54. The highest BCUT2D eigenvalue weighted by Gasteiger charge is 2.30. The summed E-state index contributed by atoms with van der Waals surface area (Å²) in [6.07, 6.45) is 5.62. The lowest BCUT2D eigenvalue weighted by atomic mass is 10.3. The van der Waals surface area contributed by atoms with Gasteiger partial charge in [-0.3, -0.25) is 14.5 Å². The number of aromatic nitrogens is 5. The molecule has 94 valence electrons. The number of carboxylic acid groups (broad SMARTS) is 1. The molecule has 0 amide bonds. The van der Waals surface area contributed by atoms with Crippen LogP contribution in [0.15, 0.2) is 17.6 Å². The molecule has 7 nitrogen and oxygen atoms in total. The van der Waals surface area contributed by atoms with Crippen molar-refractivity contribution >= 4 is 17.7 Å². The van der Waals surface area contributed by atoms with E-state index in [1.165, 1.54) is 11.8 Å². The summed E-state index contributed by atoms with van der Waals surface area (Å²) in [4.78, 5) is 10.6. The first-order chi connectivity index (χ1) is 8.75. The van der Waals surface area contributed by atoms with Crippen molar-refractivity contribution in [3.8, 4) is 11.4 Å². The van der Waals surface area contributed by atoms with Crippen LogP contribution < -0.4 is 0 Å². The third-order valence-corrected chi connectivity index (χ3v) is 3.59. The number of nitrogens with one attached hydrogen (secondary N) is 1. The lowest BCUT2D eigenvalue weighted by Gasteiger charge is -2.06. The maximum absolute atomic E-state index is 10.6. The van der Waals surface area contributed by atoms with Gasteiger partial charge in [0.15, 0.2) is 11.0 Å². The Labute approximate surface area is 107 Å². The molecular formula is C10H11N5O2S. The molecule has 1 aliphatic carbocycles. The Kier molecular flexibility index (Phi) is 2.78. The zero-order chi connectivity index (χ0) is 12.5. The van der Waals surface area contributed by atoms with Gasteiger partial charge in [0.25, 0.3) is 0 Å². The smallest absolute Gasteiger partial charge is 0.313 e. The number of rotatable bonds is 5. The fourth-order valence-corrected chi connectivity index (χ4v) is 2.46. The Bertz CT molecular complexity index is 561. The SMILES string of the molecule is O=C(O)CSc1nnc(-c2cn[nH]c2)n1C1CC1. The molecule has 2 heterocycles. The van der Waals surface area contributed by atoms with E-state index in [4.69, 9.17) is 5.11 Å². The van der Waals surface area contributed by atoms with E-state index < -0.39 is 5.97 Å². The van der Waals surface area contributed by atoms with Gasteiger partial charge < -0.3 is 5.11 Å². The monoisotopic (exact) mass is 265 g/mol. The molecule has 0 unspecified atom stereocenters. The van der Waals surface area contributed by atoms with Crippen LogP contribution in [0.1, 0.15) is 18.9 Å². The highest BCUT2D eigenvalue weighted by atomic mass is 32.2. The largest absolute Gasteiger partial charge is 0.481 e. The molecule has 1 aliphatic rings. The topological polar surface area (TPSA) is 96.7 Å². The highest BCUT2D eigenvalue weighted by molar-refractivity contribution is 7.99. The third-order valence-electron chi connectivity index (χ3n) is 2.66. The summed E-state index contributed by atoms with van der Waals surface area (Å²) < 4.78 is 2.01. The predicted molar refractivity (Wildman–Crippen MR) is 64.2 cm³/mol. The molecule has 0 spiro atoms. The number of thioether (sulfide) groups is 1. The van der Waals surface area contributed by atoms with Crippen LogP contribution in [0.4, 0.5) is 0 Å². The van der Waals surface area contributed by atoms with Crippen molar-refractivity contribution in [3.63, 3.8) is 0 Å². The Morgan fingerprint density at radius 2 is 2.39 bits per heavy atom. The summed E-state index contributed by atoms with van der Waals surface area (Å²) in [5, 5.41) is 24.2. The number of nitrogens with zero attached hydrogens (tertiary/aromatic N) is 4. The normalized spacial score (nSPS) is 14.9. The van der Waals surface area contributed by atoms with Crippen LogP contribution in [0.5, 0.6) is 0 Å². The van der Waals surface area contributed by atoms with Crippen molar-refractivity contribution < 1.29 is 9.90 Å². The van der Waals surface area contributed by atoms with Crippen LogP contribution in [0.3, 0.4) is 0 Å². The molecule has 2 aromatic rings. The Morgan fingerprint density at radius 3 is 3.00 bits per heavy atom. The van der Waals surface area contributed by atoms with Gasteiger partial charge >= 0.3 is 5.97 Å². The Hall–Kier alpha value is -1.83. The van der Waals surface area contributed by atoms with Crippen LogP contribution >= 0.6 is 11.8 Å². The molecule has 0 aliphatic heterocycles. The minimum Gasteiger partial charge on any atom is -0.481 e. The fourth-order valence-electron chi connectivity index (χ4n) is 1.73. The average Bonchev–Trinajstić information content (AvgIpc) is 2.90. The summed E-state index contributed by atoms with van der Waals surface area (Å²) in [7, 11) is 0. The molecule has 2 aromatic heterocycles. The van der Waals surface area contributed by atoms with E-state index >= 15 is 0 Å². The zero-order valence-corrected chi connectivity index (χ0v) is 10.2. The standard InChI is InChI=1S/C10H11N5O2S/c16-8(17)5-18-10-14-13-9(6-3-11-12-4-6)15(10)7-1-2-7/h3-4,7H,1-2,5H2,(H,11,12)(H,16,17). The van der Waals surface area contributed by atoms with Crippen molar-refractivity contribution in [2.24, 2.45) is 0 Å². The van der Waals surface area contributed by atoms with Gasteiger partial charge in [-0.2, -0.15) is 5.10 Å². The van der Waals surface area contributed by atoms with E-state index in [1.807, 2.05) is 4.57 Å². The lowest BCUT2D eigenvalue weighted by molar-refractivity contribution is -0.133. The number of hydrogen-bond donors (Lipinski definition) is 2. The van der Waals surface area contributed by atoms with Crippen LogP contribution in [0.25, 0.3) is 11.4 Å². The van der Waals surface area contributed by atoms with Gasteiger partial charge in [-0.1, -0.05) is 11.8 Å². The quantitative estimate of drug-likeness (QED) is 0.788. The van der Waals surface area contributed by atoms with Crippen molar-refractivity contribution in [2.75, 3.05) is 5.75 Å². The maximum atomic E-state index is 10.6. The molecule has 0 saturated heterocycles. The van der Waals surface area contributed by atoms with Crippen molar-refractivity contribution in [1.82, 2.24) is 25.0 Å². The second-order valence-electron chi connectivity index (χ2n) is 4.08. The molecule has 8 heteroatoms. The van der Waals surface area contributed by atoms with Gasteiger partial charge in [-0.05, 0) is 12.8 Å². The first kappa shape index (κ1) is 11.3. The maximum Gasteiger partial charge on any atom is 0.313 e. The second-order valence-corrected chi connectivity index (χ2v) is 5.02. The number of H-pyrrole nitrogens is 1. The van der Waals surface area contributed by atoms with Crippen molar-refractivity contribution in [2.45, 2.75) is 24.0 Å². The minimum absolute atomic E-state index is 0.00373. The summed E-state index contributed by atoms with van der Waals surface area (Å²) >= 11 is 1.20. The number of hydrogen-bond acceptors (Lipinski definition) is 5. The number of carboxylic acids is 1. The van der Waals surface area contributed by atoms with Gasteiger partial charge in [-0.15, -0.1) is 10.2 Å². The lowest BCUT2D eigenvalue weighted by Crippen LogP contribution is -2.03. The molecule has 3 rings (SSSR count). The highest BCUT2D eigenvalue weighted by Crippen LogP contribution is 2.40. The summed E-state index contributed by atoms with van der Waals surface area (Å²) in [5.41, 5.74) is 0.872. The summed E-state index contributed by atoms with van der Waals surface area (Å²) in [5.74, 6) is -0.106. The van der Waals surface area contributed by atoms with E-state index in [1.54, 1.807) is 12.4 Å². The summed E-state index contributed by atoms with van der Waals surface area (Å²) in [6, 6.07) is 0.390. The van der Waals surface area contributed by atoms with Crippen LogP contribution in [-0.2, 0) is 4.79 Å². The zero-order valence-electron chi connectivity index (χ0n) is 9.41. The average molecular weight is 265 g/mol. The molecule has 1 fully saturated rings. The molecule has 0 atom stereocenters. The Morgan fingerprint density at radius 1 is 1.56 bits per heavy atom. The van der Waals surface area contributed by atoms with Gasteiger partial charge in [0.2, 0.25) is 0 Å². The molecule has 2 N–H and O–H groups in total. The van der Waals surface area contributed by atoms with E-state index in [-0.39, 0.29) is 5.75 Å². The number of carbonyl (C=O) groups is 1. The van der Waals surface area contributed by atoms with Gasteiger partial charge in [0, 0.05) is 12.2 Å². The van der Waals surface area contributed by atoms with Crippen LogP contribution in [0.2, 0.25) is 0 Å². The van der Waals surface area contributed by atoms with Gasteiger partial charge in [0.05, 0.1) is 17.5 Å². The molecule has 0 bridgehead atoms. The van der Waals surface area contributed by atoms with Gasteiger partial charge in [0.1, 0.15) is 0 Å². The van der Waals surface area contributed by atoms with E-state index in [2.05, 4.69) is 20.4 Å². The second kappa shape index (κ2) is 4.45. The number of aromatic amines is 1. The van der Waals surface area contributed by atoms with E-state index in [9.17, 15) is 4.79 Å².